The number of hydrogen-bond donors (Lipinski definition) is 0. The second-order valence-corrected chi connectivity index (χ2v) is 8.26. The van der Waals surface area contributed by atoms with E-state index in [2.05, 4.69) is 113 Å². The lowest BCUT2D eigenvalue weighted by Crippen LogP contribution is -1.91. The van der Waals surface area contributed by atoms with Crippen LogP contribution in [0.3, 0.4) is 0 Å². The van der Waals surface area contributed by atoms with E-state index in [1.54, 1.807) is 0 Å². The van der Waals surface area contributed by atoms with E-state index in [4.69, 9.17) is 0 Å². The van der Waals surface area contributed by atoms with Gasteiger partial charge in [0.15, 0.2) is 0 Å². The Morgan fingerprint density at radius 1 is 0.500 bits per heavy atom. The van der Waals surface area contributed by atoms with Gasteiger partial charge in [0, 0.05) is 0 Å². The molecule has 0 aliphatic heterocycles. The molecule has 0 saturated heterocycles. The van der Waals surface area contributed by atoms with E-state index in [1.807, 2.05) is 0 Å². The molecule has 0 aromatic heterocycles. The highest BCUT2D eigenvalue weighted by Crippen LogP contribution is 2.38. The molecule has 0 N–H and O–H groups in total. The fourth-order valence-electron chi connectivity index (χ4n) is 3.91. The topological polar surface area (TPSA) is 0 Å². The Labute approximate surface area is 168 Å². The minimum Gasteiger partial charge on any atom is -0.0616 e. The number of rotatable bonds is 4. The highest BCUT2D eigenvalue weighted by atomic mass is 14.2. The van der Waals surface area contributed by atoms with E-state index in [9.17, 15) is 0 Å². The Bertz CT molecular complexity index is 1080. The maximum atomic E-state index is 2.28. The molecular formula is C28H28. The lowest BCUT2D eigenvalue weighted by Gasteiger charge is -2.16. The molecule has 0 aliphatic carbocycles. The van der Waals surface area contributed by atoms with Crippen LogP contribution >= 0.6 is 0 Å². The van der Waals surface area contributed by atoms with Crippen molar-refractivity contribution in [2.45, 2.75) is 39.5 Å². The van der Waals surface area contributed by atoms with Gasteiger partial charge in [-0.1, -0.05) is 113 Å². The summed E-state index contributed by atoms with van der Waals surface area (Å²) in [5.74, 6) is 1.10. The van der Waals surface area contributed by atoms with Gasteiger partial charge in [-0.25, -0.2) is 0 Å². The average molecular weight is 365 g/mol. The fraction of sp³-hybridized carbons (Fsp3) is 0.214. The minimum atomic E-state index is 0.546. The van der Waals surface area contributed by atoms with E-state index in [0.29, 0.717) is 11.8 Å². The molecular weight excluding hydrogens is 336 g/mol. The molecule has 0 atom stereocenters. The summed E-state index contributed by atoms with van der Waals surface area (Å²) in [7, 11) is 0. The van der Waals surface area contributed by atoms with Crippen molar-refractivity contribution in [1.29, 1.82) is 0 Å². The molecule has 0 unspecified atom stereocenters. The molecule has 0 spiro atoms. The average Bonchev–Trinajstić information content (AvgIpc) is 2.73. The van der Waals surface area contributed by atoms with Crippen molar-refractivity contribution < 1.29 is 0 Å². The summed E-state index contributed by atoms with van der Waals surface area (Å²) in [6, 6.07) is 31.4. The number of hydrogen-bond acceptors (Lipinski definition) is 0. The quantitative estimate of drug-likeness (QED) is 0.341. The maximum absolute atomic E-state index is 2.28. The summed E-state index contributed by atoms with van der Waals surface area (Å²) in [4.78, 5) is 0. The first kappa shape index (κ1) is 18.5. The predicted octanol–water partition coefficient (Wildman–Crippen LogP) is 8.42. The van der Waals surface area contributed by atoms with Crippen LogP contribution in [0.5, 0.6) is 0 Å². The third-order valence-electron chi connectivity index (χ3n) is 5.68. The van der Waals surface area contributed by atoms with E-state index in [0.717, 1.165) is 0 Å². The molecule has 0 heterocycles. The molecule has 0 nitrogen and oxygen atoms in total. The Morgan fingerprint density at radius 2 is 1.04 bits per heavy atom. The fourth-order valence-corrected chi connectivity index (χ4v) is 3.91. The highest BCUT2D eigenvalue weighted by Gasteiger charge is 2.12. The molecule has 28 heavy (non-hydrogen) atoms. The second kappa shape index (κ2) is 7.64. The van der Waals surface area contributed by atoms with Gasteiger partial charge < -0.3 is 0 Å². The van der Waals surface area contributed by atoms with E-state index >= 15 is 0 Å². The SMILES string of the molecule is CC(C)c1ccc(-c2ccc3ccccc3c2-c2ccc(C(C)C)cc2)cc1. The van der Waals surface area contributed by atoms with Crippen molar-refractivity contribution in [2.75, 3.05) is 0 Å². The van der Waals surface area contributed by atoms with Gasteiger partial charge in [0.25, 0.3) is 0 Å². The van der Waals surface area contributed by atoms with E-state index in [1.165, 1.54) is 44.2 Å². The van der Waals surface area contributed by atoms with Crippen LogP contribution in [0.25, 0.3) is 33.0 Å². The Kier molecular flexibility index (Phi) is 5.05. The lowest BCUT2D eigenvalue weighted by atomic mass is 9.88. The van der Waals surface area contributed by atoms with E-state index in [-0.39, 0.29) is 0 Å². The molecule has 4 rings (SSSR count). The van der Waals surface area contributed by atoms with Crippen molar-refractivity contribution in [3.8, 4) is 22.3 Å². The minimum absolute atomic E-state index is 0.546. The van der Waals surface area contributed by atoms with Gasteiger partial charge in [-0.3, -0.25) is 0 Å². The largest absolute Gasteiger partial charge is 0.0616 e. The Balaban J connectivity index is 1.93. The zero-order chi connectivity index (χ0) is 19.7. The van der Waals surface area contributed by atoms with Crippen molar-refractivity contribution >= 4 is 10.8 Å². The molecule has 4 aromatic rings. The Morgan fingerprint density at radius 3 is 1.61 bits per heavy atom. The molecule has 140 valence electrons. The van der Waals surface area contributed by atoms with Crippen LogP contribution in [0.2, 0.25) is 0 Å². The first-order valence-electron chi connectivity index (χ1n) is 10.3. The van der Waals surface area contributed by atoms with Gasteiger partial charge >= 0.3 is 0 Å². The van der Waals surface area contributed by atoms with Crippen LogP contribution in [-0.4, -0.2) is 0 Å². The molecule has 0 bridgehead atoms. The van der Waals surface area contributed by atoms with Crippen LogP contribution in [0.4, 0.5) is 0 Å². The van der Waals surface area contributed by atoms with Crippen LogP contribution in [0.15, 0.2) is 84.9 Å². The first-order valence-corrected chi connectivity index (χ1v) is 10.3. The van der Waals surface area contributed by atoms with Crippen LogP contribution in [0.1, 0.15) is 50.7 Å². The molecule has 0 fully saturated rings. The summed E-state index contributed by atoms with van der Waals surface area (Å²) in [6.45, 7) is 8.97. The molecule has 0 radical (unpaired) electrons. The van der Waals surface area contributed by atoms with E-state index < -0.39 is 0 Å². The van der Waals surface area contributed by atoms with Crippen LogP contribution in [0, 0.1) is 0 Å². The number of fused-ring (bicyclic) bond motifs is 1. The lowest BCUT2D eigenvalue weighted by molar-refractivity contribution is 0.867. The standard InChI is InChI=1S/C28H28/c1-19(2)21-9-13-24(14-10-21)27-18-17-23-7-5-6-8-26(23)28(27)25-15-11-22(12-16-25)20(3)4/h5-20H,1-4H3. The number of benzene rings is 4. The van der Waals surface area contributed by atoms with Gasteiger partial charge in [0.2, 0.25) is 0 Å². The van der Waals surface area contributed by atoms with Crippen molar-refractivity contribution in [2.24, 2.45) is 0 Å². The van der Waals surface area contributed by atoms with Gasteiger partial charge in [-0.15, -0.1) is 0 Å². The molecule has 4 aromatic carbocycles. The van der Waals surface area contributed by atoms with Gasteiger partial charge in [0.1, 0.15) is 0 Å². The molecule has 0 heteroatoms. The monoisotopic (exact) mass is 364 g/mol. The van der Waals surface area contributed by atoms with Gasteiger partial charge in [-0.2, -0.15) is 0 Å². The summed E-state index contributed by atoms with van der Waals surface area (Å²) in [6.07, 6.45) is 0. The molecule has 0 saturated carbocycles. The third kappa shape index (κ3) is 3.47. The summed E-state index contributed by atoms with van der Waals surface area (Å²) < 4.78 is 0. The molecule has 0 aliphatic rings. The van der Waals surface area contributed by atoms with Gasteiger partial charge in [-0.05, 0) is 56.0 Å². The van der Waals surface area contributed by atoms with Crippen LogP contribution < -0.4 is 0 Å². The van der Waals surface area contributed by atoms with Crippen molar-refractivity contribution in [3.05, 3.63) is 96.1 Å². The van der Waals surface area contributed by atoms with Gasteiger partial charge in [0.05, 0.1) is 0 Å². The zero-order valence-corrected chi connectivity index (χ0v) is 17.2. The summed E-state index contributed by atoms with van der Waals surface area (Å²) in [5.41, 5.74) is 7.94. The highest BCUT2D eigenvalue weighted by molar-refractivity contribution is 6.04. The second-order valence-electron chi connectivity index (χ2n) is 8.26. The molecule has 0 amide bonds. The summed E-state index contributed by atoms with van der Waals surface area (Å²) in [5, 5.41) is 2.60. The van der Waals surface area contributed by atoms with Crippen LogP contribution in [-0.2, 0) is 0 Å². The summed E-state index contributed by atoms with van der Waals surface area (Å²) >= 11 is 0. The van der Waals surface area contributed by atoms with Crippen molar-refractivity contribution in [3.63, 3.8) is 0 Å². The predicted molar refractivity (Wildman–Crippen MR) is 123 cm³/mol. The third-order valence-corrected chi connectivity index (χ3v) is 5.68. The maximum Gasteiger partial charge on any atom is -0.00268 e. The first-order chi connectivity index (χ1) is 13.5. The smallest absolute Gasteiger partial charge is 0.00268 e. The Hall–Kier alpha value is -2.86. The van der Waals surface area contributed by atoms with Crippen molar-refractivity contribution in [1.82, 2.24) is 0 Å². The zero-order valence-electron chi connectivity index (χ0n) is 17.2. The normalized spacial score (nSPS) is 11.5.